The lowest BCUT2D eigenvalue weighted by Gasteiger charge is -2.54. The van der Waals surface area contributed by atoms with Crippen molar-refractivity contribution in [3.05, 3.63) is 12.2 Å². The molecule has 98 valence electrons. The van der Waals surface area contributed by atoms with E-state index < -0.39 is 0 Å². The molecule has 0 aromatic carbocycles. The lowest BCUT2D eigenvalue weighted by molar-refractivity contribution is -0.120. The Morgan fingerprint density at radius 3 is 2.53 bits per heavy atom. The summed E-state index contributed by atoms with van der Waals surface area (Å²) in [6.45, 7) is 10.6. The number of rotatable bonds is 1. The van der Waals surface area contributed by atoms with Gasteiger partial charge in [0.15, 0.2) is 0 Å². The molecular weight excluding hydrogens is 212 g/mol. The lowest BCUT2D eigenvalue weighted by Crippen LogP contribution is -2.54. The van der Waals surface area contributed by atoms with Crippen molar-refractivity contribution in [2.24, 2.45) is 23.2 Å². The quantitative estimate of drug-likeness (QED) is 0.690. The standard InChI is InChI=1S/C15H26O2/c1-9(2)11-7-8-15(4)12(16)6-5-10(3)13(15)14(11)17/h9,11-14,16-17H,3,5-8H2,1-2,4H3/t11-,12-,13+,14-,15-/m0/s1. The molecule has 0 heterocycles. The van der Waals surface area contributed by atoms with Crippen molar-refractivity contribution < 1.29 is 10.2 Å². The molecule has 2 fully saturated rings. The van der Waals surface area contributed by atoms with Crippen molar-refractivity contribution >= 4 is 0 Å². The van der Waals surface area contributed by atoms with Gasteiger partial charge in [0.2, 0.25) is 0 Å². The SMILES string of the molecule is C=C1CC[C@H](O)[C@]2(C)CC[C@@H](C(C)C)[C@H](O)[C@@H]12. The van der Waals surface area contributed by atoms with Crippen LogP contribution in [0.25, 0.3) is 0 Å². The number of hydrogen-bond donors (Lipinski definition) is 2. The second-order valence-corrected chi connectivity index (χ2v) is 6.63. The van der Waals surface area contributed by atoms with E-state index in [2.05, 4.69) is 27.4 Å². The van der Waals surface area contributed by atoms with Crippen molar-refractivity contribution in [1.82, 2.24) is 0 Å². The third kappa shape index (κ3) is 1.96. The molecule has 0 aromatic rings. The Morgan fingerprint density at radius 1 is 1.29 bits per heavy atom. The van der Waals surface area contributed by atoms with Gasteiger partial charge in [0.25, 0.3) is 0 Å². The maximum atomic E-state index is 10.6. The molecule has 0 saturated heterocycles. The maximum Gasteiger partial charge on any atom is 0.0642 e. The van der Waals surface area contributed by atoms with E-state index in [0.29, 0.717) is 11.8 Å². The fourth-order valence-corrected chi connectivity index (χ4v) is 4.06. The van der Waals surface area contributed by atoms with Crippen molar-refractivity contribution in [3.8, 4) is 0 Å². The van der Waals surface area contributed by atoms with Crippen LogP contribution in [0.1, 0.15) is 46.5 Å². The summed E-state index contributed by atoms with van der Waals surface area (Å²) < 4.78 is 0. The summed E-state index contributed by atoms with van der Waals surface area (Å²) in [5, 5.41) is 20.9. The number of hydrogen-bond acceptors (Lipinski definition) is 2. The van der Waals surface area contributed by atoms with E-state index >= 15 is 0 Å². The largest absolute Gasteiger partial charge is 0.393 e. The molecule has 2 N–H and O–H groups in total. The van der Waals surface area contributed by atoms with E-state index in [9.17, 15) is 10.2 Å². The first-order valence-corrected chi connectivity index (χ1v) is 6.91. The fourth-order valence-electron chi connectivity index (χ4n) is 4.06. The van der Waals surface area contributed by atoms with E-state index in [0.717, 1.165) is 31.3 Å². The Kier molecular flexibility index (Phi) is 3.39. The smallest absolute Gasteiger partial charge is 0.0642 e. The number of aliphatic hydroxyl groups excluding tert-OH is 2. The topological polar surface area (TPSA) is 40.5 Å². The molecule has 0 unspecified atom stereocenters. The van der Waals surface area contributed by atoms with Crippen LogP contribution in [0, 0.1) is 23.2 Å². The average Bonchev–Trinajstić information content (AvgIpc) is 2.23. The predicted molar refractivity (Wildman–Crippen MR) is 69.5 cm³/mol. The molecule has 17 heavy (non-hydrogen) atoms. The van der Waals surface area contributed by atoms with Crippen molar-refractivity contribution in [2.45, 2.75) is 58.7 Å². The van der Waals surface area contributed by atoms with E-state index in [1.165, 1.54) is 0 Å². The van der Waals surface area contributed by atoms with E-state index in [1.54, 1.807) is 0 Å². The number of aliphatic hydroxyl groups is 2. The van der Waals surface area contributed by atoms with Crippen LogP contribution >= 0.6 is 0 Å². The summed E-state index contributed by atoms with van der Waals surface area (Å²) in [5.41, 5.74) is 0.996. The van der Waals surface area contributed by atoms with Gasteiger partial charge in [-0.1, -0.05) is 32.9 Å². The van der Waals surface area contributed by atoms with Crippen LogP contribution in [0.5, 0.6) is 0 Å². The molecule has 2 aliphatic rings. The second-order valence-electron chi connectivity index (χ2n) is 6.63. The van der Waals surface area contributed by atoms with Gasteiger partial charge >= 0.3 is 0 Å². The highest BCUT2D eigenvalue weighted by atomic mass is 16.3. The third-order valence-electron chi connectivity index (χ3n) is 5.30. The van der Waals surface area contributed by atoms with Gasteiger partial charge in [0, 0.05) is 11.3 Å². The van der Waals surface area contributed by atoms with E-state index in [1.807, 2.05) is 0 Å². The zero-order valence-corrected chi connectivity index (χ0v) is 11.3. The summed E-state index contributed by atoms with van der Waals surface area (Å²) in [6, 6.07) is 0. The molecule has 0 radical (unpaired) electrons. The predicted octanol–water partition coefficient (Wildman–Crippen LogP) is 2.75. The lowest BCUT2D eigenvalue weighted by atomic mass is 9.53. The fraction of sp³-hybridized carbons (Fsp3) is 0.867. The van der Waals surface area contributed by atoms with Crippen LogP contribution in [0.2, 0.25) is 0 Å². The molecular formula is C15H26O2. The van der Waals surface area contributed by atoms with Crippen LogP contribution in [0.3, 0.4) is 0 Å². The maximum absolute atomic E-state index is 10.6. The molecule has 2 saturated carbocycles. The number of fused-ring (bicyclic) bond motifs is 1. The van der Waals surface area contributed by atoms with E-state index in [-0.39, 0.29) is 23.5 Å². The summed E-state index contributed by atoms with van der Waals surface area (Å²) >= 11 is 0. The Labute approximate surface area is 105 Å². The van der Waals surface area contributed by atoms with Gasteiger partial charge in [0.1, 0.15) is 0 Å². The first-order valence-electron chi connectivity index (χ1n) is 6.91. The van der Waals surface area contributed by atoms with Gasteiger partial charge in [-0.05, 0) is 37.5 Å². The molecule has 2 rings (SSSR count). The normalized spacial score (nSPS) is 47.1. The van der Waals surface area contributed by atoms with Crippen molar-refractivity contribution in [2.75, 3.05) is 0 Å². The van der Waals surface area contributed by atoms with Gasteiger partial charge < -0.3 is 10.2 Å². The minimum atomic E-state index is -0.323. The Morgan fingerprint density at radius 2 is 1.94 bits per heavy atom. The third-order valence-corrected chi connectivity index (χ3v) is 5.30. The highest BCUT2D eigenvalue weighted by Crippen LogP contribution is 2.54. The highest BCUT2D eigenvalue weighted by Gasteiger charge is 2.52. The van der Waals surface area contributed by atoms with Crippen molar-refractivity contribution in [1.29, 1.82) is 0 Å². The Bertz CT molecular complexity index is 310. The summed E-state index contributed by atoms with van der Waals surface area (Å²) in [6.07, 6.45) is 3.11. The van der Waals surface area contributed by atoms with Crippen LogP contribution in [0.15, 0.2) is 12.2 Å². The summed E-state index contributed by atoms with van der Waals surface area (Å²) in [5.74, 6) is 0.948. The van der Waals surface area contributed by atoms with Crippen molar-refractivity contribution in [3.63, 3.8) is 0 Å². The minimum Gasteiger partial charge on any atom is -0.393 e. The van der Waals surface area contributed by atoms with Gasteiger partial charge in [-0.2, -0.15) is 0 Å². The Balaban J connectivity index is 2.29. The highest BCUT2D eigenvalue weighted by molar-refractivity contribution is 5.17. The van der Waals surface area contributed by atoms with Gasteiger partial charge in [-0.15, -0.1) is 0 Å². The summed E-state index contributed by atoms with van der Waals surface area (Å²) in [4.78, 5) is 0. The zero-order valence-electron chi connectivity index (χ0n) is 11.3. The first-order chi connectivity index (χ1) is 7.88. The van der Waals surface area contributed by atoms with Gasteiger partial charge in [-0.25, -0.2) is 0 Å². The molecule has 0 spiro atoms. The van der Waals surface area contributed by atoms with E-state index in [4.69, 9.17) is 0 Å². The van der Waals surface area contributed by atoms with Crippen LogP contribution in [-0.2, 0) is 0 Å². The second kappa shape index (κ2) is 4.40. The molecule has 5 atom stereocenters. The zero-order chi connectivity index (χ0) is 12.8. The molecule has 0 aromatic heterocycles. The molecule has 2 aliphatic carbocycles. The van der Waals surface area contributed by atoms with Gasteiger partial charge in [0.05, 0.1) is 12.2 Å². The Hall–Kier alpha value is -0.340. The average molecular weight is 238 g/mol. The van der Waals surface area contributed by atoms with Crippen LogP contribution < -0.4 is 0 Å². The molecule has 2 nitrogen and oxygen atoms in total. The first kappa shape index (κ1) is 13.1. The summed E-state index contributed by atoms with van der Waals surface area (Å²) in [7, 11) is 0. The monoisotopic (exact) mass is 238 g/mol. The molecule has 0 bridgehead atoms. The minimum absolute atomic E-state index is 0.0902. The molecule has 2 heteroatoms. The van der Waals surface area contributed by atoms with Crippen LogP contribution in [0.4, 0.5) is 0 Å². The molecule has 0 amide bonds. The van der Waals surface area contributed by atoms with Crippen LogP contribution in [-0.4, -0.2) is 22.4 Å². The van der Waals surface area contributed by atoms with Gasteiger partial charge in [-0.3, -0.25) is 0 Å². The molecule has 0 aliphatic heterocycles.